The van der Waals surface area contributed by atoms with Crippen molar-refractivity contribution in [2.24, 2.45) is 0 Å². The Bertz CT molecular complexity index is 990. The molecule has 1 aromatic carbocycles. The summed E-state index contributed by atoms with van der Waals surface area (Å²) in [6.07, 6.45) is 3.16. The molecule has 1 N–H and O–H groups in total. The van der Waals surface area contributed by atoms with E-state index in [-0.39, 0.29) is 11.6 Å². The molecule has 0 aliphatic rings. The number of nitrogens with one attached hydrogen (secondary N) is 1. The average Bonchev–Trinajstić information content (AvgIpc) is 3.19. The van der Waals surface area contributed by atoms with E-state index in [9.17, 15) is 9.59 Å². The van der Waals surface area contributed by atoms with E-state index in [4.69, 9.17) is 11.6 Å². The predicted octanol–water partition coefficient (Wildman–Crippen LogP) is 3.89. The minimum atomic E-state index is -0.954. The van der Waals surface area contributed by atoms with Gasteiger partial charge in [-0.05, 0) is 68.2 Å². The highest BCUT2D eigenvalue weighted by molar-refractivity contribution is 7.03. The Balaban J connectivity index is 2.16. The normalized spacial score (nSPS) is 12.3. The fraction of sp³-hybridized carbons (Fsp3) is 0.250. The number of hydrogen-bond acceptors (Lipinski definition) is 6. The Morgan fingerprint density at radius 2 is 1.90 bits per heavy atom. The highest BCUT2D eigenvalue weighted by Crippen LogP contribution is 2.31. The second-order valence-corrected chi connectivity index (χ2v) is 8.41. The predicted molar refractivity (Wildman–Crippen MR) is 113 cm³/mol. The molecule has 1 atom stereocenters. The van der Waals surface area contributed by atoms with Crippen LogP contribution in [0.2, 0.25) is 5.02 Å². The molecule has 0 saturated carbocycles. The number of nitrogens with zero attached hydrogens (tertiary/aromatic N) is 4. The van der Waals surface area contributed by atoms with Crippen LogP contribution in [-0.2, 0) is 4.79 Å². The van der Waals surface area contributed by atoms with Crippen molar-refractivity contribution in [2.75, 3.05) is 4.90 Å². The van der Waals surface area contributed by atoms with E-state index in [0.717, 1.165) is 11.5 Å². The molecular weight excluding hydrogens is 410 g/mol. The Labute approximate surface area is 177 Å². The van der Waals surface area contributed by atoms with Gasteiger partial charge in [0.15, 0.2) is 5.69 Å². The lowest BCUT2D eigenvalue weighted by Gasteiger charge is -2.33. The van der Waals surface area contributed by atoms with E-state index in [1.54, 1.807) is 54.2 Å². The van der Waals surface area contributed by atoms with Crippen LogP contribution in [0.1, 0.15) is 42.9 Å². The highest BCUT2D eigenvalue weighted by Gasteiger charge is 2.35. The molecule has 2 amide bonds. The van der Waals surface area contributed by atoms with Crippen LogP contribution in [0.4, 0.5) is 5.69 Å². The zero-order valence-corrected chi connectivity index (χ0v) is 17.7. The van der Waals surface area contributed by atoms with Gasteiger partial charge in [0.2, 0.25) is 5.91 Å². The summed E-state index contributed by atoms with van der Waals surface area (Å²) in [7, 11) is 0. The summed E-state index contributed by atoms with van der Waals surface area (Å²) in [5, 5.41) is 8.85. The minimum Gasteiger partial charge on any atom is -0.349 e. The van der Waals surface area contributed by atoms with Crippen molar-refractivity contribution in [2.45, 2.75) is 32.4 Å². The quantitative estimate of drug-likeness (QED) is 0.664. The lowest BCUT2D eigenvalue weighted by atomic mass is 10.0. The van der Waals surface area contributed by atoms with Crippen molar-refractivity contribution >= 4 is 40.6 Å². The van der Waals surface area contributed by atoms with Crippen molar-refractivity contribution in [1.29, 1.82) is 0 Å². The van der Waals surface area contributed by atoms with E-state index >= 15 is 0 Å². The van der Waals surface area contributed by atoms with Crippen LogP contribution in [0.5, 0.6) is 0 Å². The van der Waals surface area contributed by atoms with Gasteiger partial charge in [0.1, 0.15) is 6.04 Å². The molecule has 2 heterocycles. The lowest BCUT2D eigenvalue weighted by Crippen LogP contribution is -2.49. The number of hydrogen-bond donors (Lipinski definition) is 1. The van der Waals surface area contributed by atoms with Gasteiger partial charge in [-0.2, -0.15) is 0 Å². The molecule has 3 aromatic rings. The summed E-state index contributed by atoms with van der Waals surface area (Å²) in [6.45, 7) is 5.64. The van der Waals surface area contributed by atoms with Crippen LogP contribution in [0, 0.1) is 0 Å². The first-order chi connectivity index (χ1) is 13.8. The molecule has 0 radical (unpaired) electrons. The molecule has 7 nitrogen and oxygen atoms in total. The van der Waals surface area contributed by atoms with Crippen LogP contribution in [0.3, 0.4) is 0 Å². The molecule has 0 bridgehead atoms. The van der Waals surface area contributed by atoms with Gasteiger partial charge < -0.3 is 5.32 Å². The van der Waals surface area contributed by atoms with E-state index in [0.29, 0.717) is 16.3 Å². The van der Waals surface area contributed by atoms with E-state index < -0.39 is 17.5 Å². The fourth-order valence-electron chi connectivity index (χ4n) is 2.79. The molecule has 0 spiro atoms. The number of aromatic nitrogens is 3. The van der Waals surface area contributed by atoms with Gasteiger partial charge in [-0.1, -0.05) is 22.2 Å². The van der Waals surface area contributed by atoms with Gasteiger partial charge in [-0.15, -0.1) is 5.10 Å². The fourth-order valence-corrected chi connectivity index (χ4v) is 3.41. The molecule has 9 heteroatoms. The van der Waals surface area contributed by atoms with Gasteiger partial charge in [0.25, 0.3) is 5.91 Å². The Hall–Kier alpha value is -2.84. The first-order valence-electron chi connectivity index (χ1n) is 8.84. The number of anilines is 1. The van der Waals surface area contributed by atoms with E-state index in [1.807, 2.05) is 20.8 Å². The molecule has 0 aliphatic heterocycles. The largest absolute Gasteiger partial charge is 0.349 e. The molecule has 0 saturated heterocycles. The number of rotatable bonds is 5. The van der Waals surface area contributed by atoms with E-state index in [1.165, 1.54) is 4.90 Å². The van der Waals surface area contributed by atoms with Crippen LogP contribution < -0.4 is 10.2 Å². The summed E-state index contributed by atoms with van der Waals surface area (Å²) in [4.78, 5) is 32.1. The number of amides is 2. The molecule has 2 aromatic heterocycles. The van der Waals surface area contributed by atoms with Gasteiger partial charge in [0.05, 0.1) is 0 Å². The van der Waals surface area contributed by atoms with Crippen LogP contribution in [0.15, 0.2) is 54.2 Å². The van der Waals surface area contributed by atoms with Crippen molar-refractivity contribution in [3.63, 3.8) is 0 Å². The molecular formula is C20H20ClN5O2S. The SMILES string of the molecule is CC(C)(C)NC(=O)[C@@H](c1ccncc1)N(C(=O)c1csnn1)c1cccc(Cl)c1. The molecule has 150 valence electrons. The van der Waals surface area contributed by atoms with Crippen LogP contribution in [0.25, 0.3) is 0 Å². The van der Waals surface area contributed by atoms with Crippen LogP contribution in [-0.4, -0.2) is 31.9 Å². The van der Waals surface area contributed by atoms with Crippen LogP contribution >= 0.6 is 23.1 Å². The third kappa shape index (κ3) is 5.16. The summed E-state index contributed by atoms with van der Waals surface area (Å²) in [5.41, 5.74) is 0.741. The van der Waals surface area contributed by atoms with Gasteiger partial charge in [-0.25, -0.2) is 0 Å². The number of carbonyl (C=O) groups is 2. The molecule has 0 fully saturated rings. The molecule has 0 aliphatic carbocycles. The number of halogens is 1. The molecule has 29 heavy (non-hydrogen) atoms. The second-order valence-electron chi connectivity index (χ2n) is 7.37. The minimum absolute atomic E-state index is 0.151. The number of carbonyl (C=O) groups excluding carboxylic acids is 2. The summed E-state index contributed by atoms with van der Waals surface area (Å²) in [6, 6.07) is 9.25. The maximum Gasteiger partial charge on any atom is 0.280 e. The third-order valence-corrected chi connectivity index (χ3v) is 4.65. The van der Waals surface area contributed by atoms with Gasteiger partial charge >= 0.3 is 0 Å². The lowest BCUT2D eigenvalue weighted by molar-refractivity contribution is -0.123. The maximum atomic E-state index is 13.4. The Morgan fingerprint density at radius 1 is 1.17 bits per heavy atom. The van der Waals surface area contributed by atoms with Crippen molar-refractivity contribution < 1.29 is 9.59 Å². The van der Waals surface area contributed by atoms with Crippen molar-refractivity contribution in [3.8, 4) is 0 Å². The van der Waals surface area contributed by atoms with E-state index in [2.05, 4.69) is 19.9 Å². The third-order valence-electron chi connectivity index (χ3n) is 3.91. The Kier molecular flexibility index (Phi) is 6.24. The first-order valence-corrected chi connectivity index (χ1v) is 10.1. The zero-order chi connectivity index (χ0) is 21.0. The smallest absolute Gasteiger partial charge is 0.280 e. The highest BCUT2D eigenvalue weighted by atomic mass is 35.5. The average molecular weight is 430 g/mol. The van der Waals surface area contributed by atoms with Gasteiger partial charge in [0, 0.05) is 34.0 Å². The summed E-state index contributed by atoms with van der Waals surface area (Å²) < 4.78 is 3.78. The topological polar surface area (TPSA) is 88.1 Å². The standard InChI is InChI=1S/C20H20ClN5O2S/c1-20(2,3)23-18(27)17(13-7-9-22-10-8-13)26(15-6-4-5-14(21)11-15)19(28)16-12-29-25-24-16/h4-12,17H,1-3H3,(H,23,27)/t17-/m1/s1. The van der Waals surface area contributed by atoms with Crippen molar-refractivity contribution in [3.05, 3.63) is 70.5 Å². The zero-order valence-electron chi connectivity index (χ0n) is 16.2. The summed E-state index contributed by atoms with van der Waals surface area (Å²) in [5.74, 6) is -0.785. The number of pyridine rings is 1. The van der Waals surface area contributed by atoms with Gasteiger partial charge in [-0.3, -0.25) is 19.5 Å². The molecule has 3 rings (SSSR count). The first kappa shape index (κ1) is 20.9. The summed E-state index contributed by atoms with van der Waals surface area (Å²) >= 11 is 7.25. The maximum absolute atomic E-state index is 13.4. The number of benzene rings is 1. The second kappa shape index (κ2) is 8.67. The Morgan fingerprint density at radius 3 is 2.48 bits per heavy atom. The monoisotopic (exact) mass is 429 g/mol. The van der Waals surface area contributed by atoms with Crippen molar-refractivity contribution in [1.82, 2.24) is 19.9 Å². The molecule has 0 unspecified atom stereocenters.